The molecule has 0 spiro atoms. The van der Waals surface area contributed by atoms with E-state index < -0.39 is 6.43 Å². The summed E-state index contributed by atoms with van der Waals surface area (Å²) in [4.78, 5) is 8.71. The Balaban J connectivity index is 2.53. The molecule has 0 aliphatic carbocycles. The van der Waals surface area contributed by atoms with Crippen LogP contribution in [-0.4, -0.2) is 17.0 Å². The molecular formula is C14H15F2N3. The Morgan fingerprint density at radius 3 is 2.53 bits per heavy atom. The van der Waals surface area contributed by atoms with Gasteiger partial charge in [0.2, 0.25) is 0 Å². The second-order valence-electron chi connectivity index (χ2n) is 4.28. The minimum Gasteiger partial charge on any atom is -0.373 e. The van der Waals surface area contributed by atoms with Crippen LogP contribution in [0.1, 0.15) is 23.2 Å². The maximum atomic E-state index is 12.7. The number of anilines is 1. The second-order valence-corrected chi connectivity index (χ2v) is 4.28. The summed E-state index contributed by atoms with van der Waals surface area (Å²) in [6.45, 7) is 3.79. The van der Waals surface area contributed by atoms with Gasteiger partial charge in [-0.2, -0.15) is 0 Å². The fourth-order valence-electron chi connectivity index (χ4n) is 1.81. The van der Waals surface area contributed by atoms with Crippen molar-refractivity contribution in [2.45, 2.75) is 20.3 Å². The summed E-state index contributed by atoms with van der Waals surface area (Å²) in [6, 6.07) is 6.15. The van der Waals surface area contributed by atoms with Crippen molar-refractivity contribution in [1.29, 1.82) is 0 Å². The van der Waals surface area contributed by atoms with Gasteiger partial charge in [0, 0.05) is 29.4 Å². The SMILES string of the molecule is CNc1nc(-c2cccc(C(F)F)c2)nc(C)c1C. The lowest BCUT2D eigenvalue weighted by Crippen LogP contribution is -2.02. The highest BCUT2D eigenvalue weighted by Crippen LogP contribution is 2.25. The molecular weight excluding hydrogens is 248 g/mol. The Bertz CT molecular complexity index is 597. The van der Waals surface area contributed by atoms with Crippen molar-refractivity contribution in [2.75, 3.05) is 12.4 Å². The Hall–Kier alpha value is -2.04. The number of aromatic nitrogens is 2. The molecule has 0 aliphatic heterocycles. The van der Waals surface area contributed by atoms with Gasteiger partial charge in [-0.05, 0) is 19.9 Å². The van der Waals surface area contributed by atoms with Crippen molar-refractivity contribution < 1.29 is 8.78 Å². The molecule has 0 fully saturated rings. The van der Waals surface area contributed by atoms with Gasteiger partial charge in [0.05, 0.1) is 0 Å². The van der Waals surface area contributed by atoms with Gasteiger partial charge in [0.1, 0.15) is 5.82 Å². The highest BCUT2D eigenvalue weighted by molar-refractivity contribution is 5.60. The molecule has 5 heteroatoms. The van der Waals surface area contributed by atoms with Crippen molar-refractivity contribution in [2.24, 2.45) is 0 Å². The molecule has 1 aromatic heterocycles. The fraction of sp³-hybridized carbons (Fsp3) is 0.286. The van der Waals surface area contributed by atoms with Gasteiger partial charge >= 0.3 is 0 Å². The van der Waals surface area contributed by atoms with E-state index >= 15 is 0 Å². The lowest BCUT2D eigenvalue weighted by molar-refractivity contribution is 0.151. The third-order valence-corrected chi connectivity index (χ3v) is 3.02. The molecule has 0 amide bonds. The van der Waals surface area contributed by atoms with E-state index in [9.17, 15) is 8.78 Å². The minimum atomic E-state index is -2.49. The third kappa shape index (κ3) is 2.70. The van der Waals surface area contributed by atoms with Gasteiger partial charge < -0.3 is 5.32 Å². The van der Waals surface area contributed by atoms with Gasteiger partial charge in [-0.1, -0.05) is 18.2 Å². The van der Waals surface area contributed by atoms with Crippen LogP contribution in [0, 0.1) is 13.8 Å². The van der Waals surface area contributed by atoms with E-state index in [2.05, 4.69) is 15.3 Å². The quantitative estimate of drug-likeness (QED) is 0.916. The van der Waals surface area contributed by atoms with Crippen molar-refractivity contribution in [3.05, 3.63) is 41.1 Å². The van der Waals surface area contributed by atoms with E-state index in [1.807, 2.05) is 13.8 Å². The maximum absolute atomic E-state index is 12.7. The summed E-state index contributed by atoms with van der Waals surface area (Å²) in [6.07, 6.45) is -2.49. The molecule has 1 aromatic carbocycles. The van der Waals surface area contributed by atoms with Crippen molar-refractivity contribution >= 4 is 5.82 Å². The van der Waals surface area contributed by atoms with Gasteiger partial charge in [0.25, 0.3) is 6.43 Å². The largest absolute Gasteiger partial charge is 0.373 e. The maximum Gasteiger partial charge on any atom is 0.263 e. The predicted octanol–water partition coefficient (Wildman–Crippen LogP) is 3.74. The van der Waals surface area contributed by atoms with Gasteiger partial charge in [-0.25, -0.2) is 18.7 Å². The zero-order chi connectivity index (χ0) is 14.0. The normalized spacial score (nSPS) is 10.8. The first kappa shape index (κ1) is 13.4. The highest BCUT2D eigenvalue weighted by atomic mass is 19.3. The Morgan fingerprint density at radius 1 is 1.16 bits per heavy atom. The van der Waals surface area contributed by atoms with Crippen LogP contribution in [0.15, 0.2) is 24.3 Å². The zero-order valence-corrected chi connectivity index (χ0v) is 11.0. The van der Waals surface area contributed by atoms with E-state index in [0.717, 1.165) is 11.3 Å². The van der Waals surface area contributed by atoms with Gasteiger partial charge in [-0.15, -0.1) is 0 Å². The van der Waals surface area contributed by atoms with Crippen LogP contribution in [0.3, 0.4) is 0 Å². The monoisotopic (exact) mass is 263 g/mol. The van der Waals surface area contributed by atoms with Crippen LogP contribution in [0.25, 0.3) is 11.4 Å². The van der Waals surface area contributed by atoms with Crippen LogP contribution in [-0.2, 0) is 0 Å². The molecule has 0 saturated heterocycles. The van der Waals surface area contributed by atoms with Gasteiger partial charge in [-0.3, -0.25) is 0 Å². The number of halogens is 2. The Labute approximate surface area is 110 Å². The third-order valence-electron chi connectivity index (χ3n) is 3.02. The van der Waals surface area contributed by atoms with E-state index in [4.69, 9.17) is 0 Å². The number of hydrogen-bond acceptors (Lipinski definition) is 3. The first-order chi connectivity index (χ1) is 9.02. The number of rotatable bonds is 3. The lowest BCUT2D eigenvalue weighted by Gasteiger charge is -2.10. The first-order valence-electron chi connectivity index (χ1n) is 5.94. The number of nitrogens with zero attached hydrogens (tertiary/aromatic N) is 2. The summed E-state index contributed by atoms with van der Waals surface area (Å²) < 4.78 is 25.4. The van der Waals surface area contributed by atoms with Crippen LogP contribution >= 0.6 is 0 Å². The van der Waals surface area contributed by atoms with E-state index in [1.165, 1.54) is 12.1 Å². The second kappa shape index (κ2) is 5.30. The molecule has 1 heterocycles. The van der Waals surface area contributed by atoms with E-state index in [1.54, 1.807) is 19.2 Å². The summed E-state index contributed by atoms with van der Waals surface area (Å²) in [5, 5.41) is 2.98. The standard InChI is InChI=1S/C14H15F2N3/c1-8-9(2)18-14(19-13(8)17-3)11-6-4-5-10(7-11)12(15)16/h4-7,12H,1-3H3,(H,17,18,19). The molecule has 0 saturated carbocycles. The molecule has 1 N–H and O–H groups in total. The smallest absolute Gasteiger partial charge is 0.263 e. The number of alkyl halides is 2. The molecule has 3 nitrogen and oxygen atoms in total. The average molecular weight is 263 g/mol. The molecule has 0 atom stereocenters. The topological polar surface area (TPSA) is 37.8 Å². The summed E-state index contributed by atoms with van der Waals surface area (Å²) >= 11 is 0. The number of benzene rings is 1. The molecule has 0 unspecified atom stereocenters. The fourth-order valence-corrected chi connectivity index (χ4v) is 1.81. The molecule has 100 valence electrons. The van der Waals surface area contributed by atoms with Crippen molar-refractivity contribution in [3.63, 3.8) is 0 Å². The number of hydrogen-bond donors (Lipinski definition) is 1. The number of nitrogens with one attached hydrogen (secondary N) is 1. The van der Waals surface area contributed by atoms with Crippen LogP contribution in [0.5, 0.6) is 0 Å². The number of aryl methyl sites for hydroxylation is 1. The zero-order valence-electron chi connectivity index (χ0n) is 11.0. The van der Waals surface area contributed by atoms with Gasteiger partial charge in [0.15, 0.2) is 5.82 Å². The molecule has 0 aliphatic rings. The Kier molecular flexibility index (Phi) is 3.74. The van der Waals surface area contributed by atoms with Crippen LogP contribution in [0.4, 0.5) is 14.6 Å². The lowest BCUT2D eigenvalue weighted by atomic mass is 10.1. The molecule has 2 aromatic rings. The first-order valence-corrected chi connectivity index (χ1v) is 5.94. The summed E-state index contributed by atoms with van der Waals surface area (Å²) in [5.41, 5.74) is 2.36. The molecule has 0 bridgehead atoms. The highest BCUT2D eigenvalue weighted by Gasteiger charge is 2.12. The molecule has 2 rings (SSSR count). The molecule has 0 radical (unpaired) electrons. The average Bonchev–Trinajstić information content (AvgIpc) is 2.41. The molecule has 19 heavy (non-hydrogen) atoms. The Morgan fingerprint density at radius 2 is 1.89 bits per heavy atom. The predicted molar refractivity (Wildman–Crippen MR) is 71.4 cm³/mol. The van der Waals surface area contributed by atoms with E-state index in [0.29, 0.717) is 17.2 Å². The van der Waals surface area contributed by atoms with Crippen LogP contribution in [0.2, 0.25) is 0 Å². The summed E-state index contributed by atoms with van der Waals surface area (Å²) in [7, 11) is 1.77. The minimum absolute atomic E-state index is 0.0228. The van der Waals surface area contributed by atoms with E-state index in [-0.39, 0.29) is 5.56 Å². The van der Waals surface area contributed by atoms with Crippen LogP contribution < -0.4 is 5.32 Å². The van der Waals surface area contributed by atoms with Crippen molar-refractivity contribution in [1.82, 2.24) is 9.97 Å². The summed E-state index contributed by atoms with van der Waals surface area (Å²) in [5.74, 6) is 1.17. The van der Waals surface area contributed by atoms with Crippen molar-refractivity contribution in [3.8, 4) is 11.4 Å².